The highest BCUT2D eigenvalue weighted by molar-refractivity contribution is 14.0. The van der Waals surface area contributed by atoms with E-state index in [4.69, 9.17) is 0 Å². The lowest BCUT2D eigenvalue weighted by Crippen LogP contribution is -2.38. The molecular formula is C21H29FIN3O2S. The van der Waals surface area contributed by atoms with Crippen molar-refractivity contribution in [2.45, 2.75) is 38.1 Å². The maximum Gasteiger partial charge on any atom is 0.191 e. The third kappa shape index (κ3) is 7.93. The van der Waals surface area contributed by atoms with Crippen LogP contribution in [0.15, 0.2) is 52.4 Å². The van der Waals surface area contributed by atoms with E-state index in [1.54, 1.807) is 31.2 Å². The summed E-state index contributed by atoms with van der Waals surface area (Å²) in [5.41, 5.74) is 2.49. The Morgan fingerprint density at radius 3 is 2.38 bits per heavy atom. The molecule has 2 aromatic carbocycles. The molecule has 1 unspecified atom stereocenters. The zero-order valence-electron chi connectivity index (χ0n) is 17.2. The van der Waals surface area contributed by atoms with Gasteiger partial charge in [-0.2, -0.15) is 0 Å². The standard InChI is InChI=1S/C21H28FN3O2S.HI/c1-5-23-21(25-16(3)18-9-6-15(2)20(22)14-18)24-13-12-17-7-10-19(11-8-17)28(4,26)27;/h6-11,14,16H,5,12-13H2,1-4H3,(H2,23,24,25);1H. The highest BCUT2D eigenvalue weighted by atomic mass is 127. The fourth-order valence-electron chi connectivity index (χ4n) is 2.69. The molecule has 2 aromatic rings. The van der Waals surface area contributed by atoms with Crippen LogP contribution in [0, 0.1) is 12.7 Å². The predicted octanol–water partition coefficient (Wildman–Crippen LogP) is 4.01. The van der Waals surface area contributed by atoms with Gasteiger partial charge in [-0.1, -0.05) is 24.3 Å². The molecule has 0 saturated carbocycles. The van der Waals surface area contributed by atoms with Crippen molar-refractivity contribution in [3.05, 3.63) is 65.0 Å². The van der Waals surface area contributed by atoms with Crippen LogP contribution < -0.4 is 10.6 Å². The fourth-order valence-corrected chi connectivity index (χ4v) is 3.32. The van der Waals surface area contributed by atoms with E-state index >= 15 is 0 Å². The third-order valence-electron chi connectivity index (χ3n) is 4.42. The summed E-state index contributed by atoms with van der Waals surface area (Å²) in [5.74, 6) is 0.439. The molecule has 8 heteroatoms. The van der Waals surface area contributed by atoms with E-state index in [2.05, 4.69) is 15.6 Å². The zero-order chi connectivity index (χ0) is 20.7. The summed E-state index contributed by atoms with van der Waals surface area (Å²) in [6.07, 6.45) is 1.88. The number of aryl methyl sites for hydroxylation is 1. The normalized spacial score (nSPS) is 12.8. The maximum atomic E-state index is 13.8. The number of benzene rings is 2. The van der Waals surface area contributed by atoms with Gasteiger partial charge in [0.1, 0.15) is 5.82 Å². The third-order valence-corrected chi connectivity index (χ3v) is 5.54. The Kier molecular flexibility index (Phi) is 10.0. The molecule has 0 fully saturated rings. The largest absolute Gasteiger partial charge is 0.357 e. The van der Waals surface area contributed by atoms with Gasteiger partial charge in [0.15, 0.2) is 15.8 Å². The molecule has 0 aromatic heterocycles. The minimum absolute atomic E-state index is 0. The maximum absolute atomic E-state index is 13.8. The van der Waals surface area contributed by atoms with Gasteiger partial charge in [-0.15, -0.1) is 24.0 Å². The molecule has 29 heavy (non-hydrogen) atoms. The van der Waals surface area contributed by atoms with Crippen molar-refractivity contribution in [3.8, 4) is 0 Å². The van der Waals surface area contributed by atoms with Crippen molar-refractivity contribution >= 4 is 39.8 Å². The van der Waals surface area contributed by atoms with Gasteiger partial charge in [0.05, 0.1) is 10.9 Å². The summed E-state index contributed by atoms with van der Waals surface area (Å²) >= 11 is 0. The van der Waals surface area contributed by atoms with Crippen LogP contribution in [0.25, 0.3) is 0 Å². The lowest BCUT2D eigenvalue weighted by Gasteiger charge is -2.18. The smallest absolute Gasteiger partial charge is 0.191 e. The summed E-state index contributed by atoms with van der Waals surface area (Å²) < 4.78 is 36.8. The van der Waals surface area contributed by atoms with Crippen molar-refractivity contribution in [2.24, 2.45) is 4.99 Å². The topological polar surface area (TPSA) is 70.6 Å². The number of hydrogen-bond acceptors (Lipinski definition) is 3. The average Bonchev–Trinajstić information content (AvgIpc) is 2.63. The van der Waals surface area contributed by atoms with Gasteiger partial charge in [-0.05, 0) is 62.1 Å². The Labute approximate surface area is 190 Å². The lowest BCUT2D eigenvalue weighted by atomic mass is 10.1. The van der Waals surface area contributed by atoms with Crippen LogP contribution in [0.5, 0.6) is 0 Å². The number of guanidine groups is 1. The second-order valence-electron chi connectivity index (χ2n) is 6.80. The summed E-state index contributed by atoms with van der Waals surface area (Å²) in [4.78, 5) is 4.88. The minimum atomic E-state index is -3.18. The first-order chi connectivity index (χ1) is 13.2. The molecule has 0 bridgehead atoms. The van der Waals surface area contributed by atoms with Gasteiger partial charge >= 0.3 is 0 Å². The minimum Gasteiger partial charge on any atom is -0.357 e. The molecule has 0 aliphatic carbocycles. The molecule has 0 aliphatic heterocycles. The van der Waals surface area contributed by atoms with E-state index in [1.807, 2.05) is 32.0 Å². The SMILES string of the molecule is CCNC(=NCCc1ccc(S(C)(=O)=O)cc1)NC(C)c1ccc(C)c(F)c1.I. The Hall–Kier alpha value is -1.68. The number of hydrogen-bond donors (Lipinski definition) is 2. The first-order valence-corrected chi connectivity index (χ1v) is 11.2. The van der Waals surface area contributed by atoms with Crippen LogP contribution >= 0.6 is 24.0 Å². The van der Waals surface area contributed by atoms with Gasteiger partial charge < -0.3 is 10.6 Å². The van der Waals surface area contributed by atoms with Crippen LogP contribution in [0.1, 0.15) is 36.6 Å². The van der Waals surface area contributed by atoms with Crippen LogP contribution in [-0.4, -0.2) is 33.7 Å². The molecule has 0 amide bonds. The average molecular weight is 533 g/mol. The van der Waals surface area contributed by atoms with Gasteiger partial charge in [0, 0.05) is 19.3 Å². The molecule has 2 rings (SSSR count). The molecule has 0 aliphatic rings. The first-order valence-electron chi connectivity index (χ1n) is 9.30. The summed E-state index contributed by atoms with van der Waals surface area (Å²) in [6, 6.07) is 12.0. The molecule has 2 N–H and O–H groups in total. The summed E-state index contributed by atoms with van der Waals surface area (Å²) in [6.45, 7) is 6.94. The predicted molar refractivity (Wildman–Crippen MR) is 127 cm³/mol. The second kappa shape index (κ2) is 11.5. The van der Waals surface area contributed by atoms with E-state index in [0.29, 0.717) is 35.9 Å². The number of rotatable bonds is 7. The second-order valence-corrected chi connectivity index (χ2v) is 8.82. The van der Waals surface area contributed by atoms with Gasteiger partial charge in [-0.25, -0.2) is 12.8 Å². The molecular weight excluding hydrogens is 504 g/mol. The molecule has 160 valence electrons. The van der Waals surface area contributed by atoms with E-state index in [9.17, 15) is 12.8 Å². The summed E-state index contributed by atoms with van der Waals surface area (Å²) in [7, 11) is -3.18. The van der Waals surface area contributed by atoms with Gasteiger partial charge in [0.2, 0.25) is 0 Å². The number of aliphatic imine (C=N–C) groups is 1. The Balaban J connectivity index is 0.00000420. The number of sulfone groups is 1. The van der Waals surface area contributed by atoms with E-state index in [1.165, 1.54) is 6.26 Å². The van der Waals surface area contributed by atoms with E-state index in [0.717, 1.165) is 11.1 Å². The monoisotopic (exact) mass is 533 g/mol. The zero-order valence-corrected chi connectivity index (χ0v) is 20.3. The van der Waals surface area contributed by atoms with Crippen molar-refractivity contribution in [2.75, 3.05) is 19.3 Å². The molecule has 0 saturated heterocycles. The van der Waals surface area contributed by atoms with Crippen LogP contribution in [0.4, 0.5) is 4.39 Å². The van der Waals surface area contributed by atoms with Crippen LogP contribution in [0.2, 0.25) is 0 Å². The highest BCUT2D eigenvalue weighted by Crippen LogP contribution is 2.16. The molecule has 0 spiro atoms. The van der Waals surface area contributed by atoms with E-state index in [-0.39, 0.29) is 35.8 Å². The van der Waals surface area contributed by atoms with Crippen molar-refractivity contribution < 1.29 is 12.8 Å². The summed E-state index contributed by atoms with van der Waals surface area (Å²) in [5, 5.41) is 6.48. The molecule has 1 atom stereocenters. The van der Waals surface area contributed by atoms with Crippen molar-refractivity contribution in [1.29, 1.82) is 0 Å². The molecule has 5 nitrogen and oxygen atoms in total. The van der Waals surface area contributed by atoms with Crippen molar-refractivity contribution in [1.82, 2.24) is 10.6 Å². The Bertz CT molecular complexity index is 931. The van der Waals surface area contributed by atoms with Gasteiger partial charge in [0.25, 0.3) is 0 Å². The highest BCUT2D eigenvalue weighted by Gasteiger charge is 2.10. The Morgan fingerprint density at radius 1 is 1.17 bits per heavy atom. The quantitative estimate of drug-likeness (QED) is 0.321. The van der Waals surface area contributed by atoms with Crippen molar-refractivity contribution in [3.63, 3.8) is 0 Å². The fraction of sp³-hybridized carbons (Fsp3) is 0.381. The molecule has 0 heterocycles. The molecule has 0 radical (unpaired) electrons. The van der Waals surface area contributed by atoms with Crippen LogP contribution in [0.3, 0.4) is 0 Å². The number of halogens is 2. The van der Waals surface area contributed by atoms with Crippen LogP contribution in [-0.2, 0) is 16.3 Å². The lowest BCUT2D eigenvalue weighted by molar-refractivity contribution is 0.602. The van der Waals surface area contributed by atoms with E-state index < -0.39 is 9.84 Å². The Morgan fingerprint density at radius 2 is 1.83 bits per heavy atom. The number of nitrogens with zero attached hydrogens (tertiary/aromatic N) is 1. The van der Waals surface area contributed by atoms with Gasteiger partial charge in [-0.3, -0.25) is 4.99 Å². The number of nitrogens with one attached hydrogen (secondary N) is 2. The first kappa shape index (κ1) is 25.4.